The van der Waals surface area contributed by atoms with E-state index in [-0.39, 0.29) is 11.9 Å². The van der Waals surface area contributed by atoms with Gasteiger partial charge in [0.2, 0.25) is 0 Å². The van der Waals surface area contributed by atoms with Gasteiger partial charge in [-0.1, -0.05) is 11.6 Å². The smallest absolute Gasteiger partial charge is 0.148 e. The summed E-state index contributed by atoms with van der Waals surface area (Å²) < 4.78 is 19.3. The summed E-state index contributed by atoms with van der Waals surface area (Å²) in [5, 5.41) is 3.41. The van der Waals surface area contributed by atoms with Crippen LogP contribution < -0.4 is 10.1 Å². The second-order valence-corrected chi connectivity index (χ2v) is 4.63. The highest BCUT2D eigenvalue weighted by atomic mass is 35.5. The fraction of sp³-hybridized carbons (Fsp3) is 0.500. The van der Waals surface area contributed by atoms with Crippen LogP contribution in [0.3, 0.4) is 0 Å². The molecule has 1 aliphatic rings. The molecule has 1 heterocycles. The van der Waals surface area contributed by atoms with Gasteiger partial charge in [-0.15, -0.1) is 0 Å². The Morgan fingerprint density at radius 1 is 1.50 bits per heavy atom. The maximum absolute atomic E-state index is 13.6. The zero-order chi connectivity index (χ0) is 11.7. The van der Waals surface area contributed by atoms with Gasteiger partial charge in [0.25, 0.3) is 0 Å². The van der Waals surface area contributed by atoms with Gasteiger partial charge < -0.3 is 10.1 Å². The molecule has 88 valence electrons. The topological polar surface area (TPSA) is 21.3 Å². The summed E-state index contributed by atoms with van der Waals surface area (Å²) in [6.45, 7) is 4.66. The number of hydrogen-bond acceptors (Lipinski definition) is 2. The van der Waals surface area contributed by atoms with Crippen molar-refractivity contribution in [1.29, 1.82) is 0 Å². The molecule has 1 aromatic carbocycles. The average Bonchev–Trinajstić information content (AvgIpc) is 2.24. The summed E-state index contributed by atoms with van der Waals surface area (Å²) in [7, 11) is 0. The van der Waals surface area contributed by atoms with Crippen molar-refractivity contribution in [3.05, 3.63) is 22.5 Å². The monoisotopic (exact) mass is 243 g/mol. The second kappa shape index (κ2) is 4.50. The van der Waals surface area contributed by atoms with E-state index in [1.807, 2.05) is 13.8 Å². The third-order valence-electron chi connectivity index (χ3n) is 2.54. The Morgan fingerprint density at radius 2 is 2.25 bits per heavy atom. The van der Waals surface area contributed by atoms with Crippen LogP contribution in [-0.2, 0) is 6.42 Å². The molecule has 0 atom stereocenters. The zero-order valence-electron chi connectivity index (χ0n) is 9.44. The van der Waals surface area contributed by atoms with Crippen molar-refractivity contribution in [3.63, 3.8) is 0 Å². The third kappa shape index (κ3) is 2.09. The highest BCUT2D eigenvalue weighted by Gasteiger charge is 2.21. The van der Waals surface area contributed by atoms with Gasteiger partial charge in [-0.3, -0.25) is 0 Å². The summed E-state index contributed by atoms with van der Waals surface area (Å²) in [4.78, 5) is 0. The van der Waals surface area contributed by atoms with Gasteiger partial charge in [0.15, 0.2) is 0 Å². The largest absolute Gasteiger partial charge is 0.489 e. The molecule has 0 bridgehead atoms. The van der Waals surface area contributed by atoms with E-state index in [9.17, 15) is 4.39 Å². The first-order valence-corrected chi connectivity index (χ1v) is 5.88. The molecular weight excluding hydrogens is 229 g/mol. The molecule has 2 rings (SSSR count). The molecule has 1 aliphatic heterocycles. The lowest BCUT2D eigenvalue weighted by Gasteiger charge is -2.23. The van der Waals surface area contributed by atoms with Crippen LogP contribution in [0.5, 0.6) is 5.75 Å². The Hall–Kier alpha value is -0.960. The minimum absolute atomic E-state index is 0.0361. The van der Waals surface area contributed by atoms with Crippen molar-refractivity contribution in [3.8, 4) is 5.75 Å². The van der Waals surface area contributed by atoms with Gasteiger partial charge >= 0.3 is 0 Å². The molecule has 16 heavy (non-hydrogen) atoms. The van der Waals surface area contributed by atoms with Gasteiger partial charge in [-0.2, -0.15) is 0 Å². The van der Waals surface area contributed by atoms with E-state index in [2.05, 4.69) is 5.32 Å². The minimum atomic E-state index is -0.296. The van der Waals surface area contributed by atoms with Crippen molar-refractivity contribution < 1.29 is 9.13 Å². The van der Waals surface area contributed by atoms with Crippen LogP contribution in [-0.4, -0.2) is 12.6 Å². The molecule has 1 aromatic rings. The molecule has 2 nitrogen and oxygen atoms in total. The Morgan fingerprint density at radius 3 is 2.94 bits per heavy atom. The standard InChI is InChI=1S/C12H15ClFNO/c1-7(2)16-12-8-4-3-5-15-11(8)10(14)6-9(12)13/h6-7,15H,3-5H2,1-2H3. The third-order valence-corrected chi connectivity index (χ3v) is 2.82. The molecule has 0 saturated heterocycles. The van der Waals surface area contributed by atoms with Crippen LogP contribution in [0.15, 0.2) is 6.07 Å². The number of rotatable bonds is 2. The number of nitrogens with one attached hydrogen (secondary N) is 1. The van der Waals surface area contributed by atoms with Gasteiger partial charge in [0, 0.05) is 12.1 Å². The first-order valence-electron chi connectivity index (χ1n) is 5.51. The van der Waals surface area contributed by atoms with Crippen molar-refractivity contribution in [2.45, 2.75) is 32.8 Å². The fourth-order valence-corrected chi connectivity index (χ4v) is 2.18. The molecule has 0 fully saturated rings. The summed E-state index contributed by atoms with van der Waals surface area (Å²) >= 11 is 6.02. The summed E-state index contributed by atoms with van der Waals surface area (Å²) in [6.07, 6.45) is 1.82. The lowest BCUT2D eigenvalue weighted by molar-refractivity contribution is 0.239. The fourth-order valence-electron chi connectivity index (χ4n) is 1.92. The lowest BCUT2D eigenvalue weighted by Crippen LogP contribution is -2.16. The van der Waals surface area contributed by atoms with E-state index in [1.165, 1.54) is 6.07 Å². The Bertz CT molecular complexity index is 406. The van der Waals surface area contributed by atoms with Crippen LogP contribution in [0.4, 0.5) is 10.1 Å². The number of halogens is 2. The highest BCUT2D eigenvalue weighted by molar-refractivity contribution is 6.32. The molecule has 0 aliphatic carbocycles. The maximum Gasteiger partial charge on any atom is 0.148 e. The summed E-state index contributed by atoms with van der Waals surface area (Å²) in [5.74, 6) is 0.330. The van der Waals surface area contributed by atoms with Gasteiger partial charge in [0.1, 0.15) is 11.6 Å². The Labute approximate surface area is 99.7 Å². The predicted octanol–water partition coefficient (Wildman–Crippen LogP) is 3.62. The first kappa shape index (κ1) is 11.5. The second-order valence-electron chi connectivity index (χ2n) is 4.22. The van der Waals surface area contributed by atoms with E-state index >= 15 is 0 Å². The molecule has 0 amide bonds. The Kier molecular flexibility index (Phi) is 3.24. The number of hydrogen-bond donors (Lipinski definition) is 1. The molecule has 0 unspecified atom stereocenters. The number of anilines is 1. The van der Waals surface area contributed by atoms with Gasteiger partial charge in [-0.05, 0) is 32.8 Å². The molecule has 4 heteroatoms. The number of fused-ring (bicyclic) bond motifs is 1. The highest BCUT2D eigenvalue weighted by Crippen LogP contribution is 2.39. The number of ether oxygens (including phenoxy) is 1. The molecular formula is C12H15ClFNO. The SMILES string of the molecule is CC(C)Oc1c(Cl)cc(F)c2c1CCCN2. The molecule has 0 spiro atoms. The van der Waals surface area contributed by atoms with E-state index < -0.39 is 0 Å². The molecule has 1 N–H and O–H groups in total. The molecule has 0 saturated carbocycles. The minimum Gasteiger partial charge on any atom is -0.489 e. The van der Waals surface area contributed by atoms with Crippen molar-refractivity contribution >= 4 is 17.3 Å². The van der Waals surface area contributed by atoms with E-state index in [0.717, 1.165) is 24.9 Å². The van der Waals surface area contributed by atoms with E-state index in [1.54, 1.807) is 0 Å². The zero-order valence-corrected chi connectivity index (χ0v) is 10.2. The first-order chi connectivity index (χ1) is 7.59. The normalized spacial score (nSPS) is 14.6. The molecule has 0 radical (unpaired) electrons. The quantitative estimate of drug-likeness (QED) is 0.857. The van der Waals surface area contributed by atoms with Gasteiger partial charge in [0.05, 0.1) is 16.8 Å². The van der Waals surface area contributed by atoms with Crippen LogP contribution in [0, 0.1) is 5.82 Å². The van der Waals surface area contributed by atoms with Crippen LogP contribution in [0.2, 0.25) is 5.02 Å². The lowest BCUT2D eigenvalue weighted by atomic mass is 10.0. The van der Waals surface area contributed by atoms with Crippen molar-refractivity contribution in [1.82, 2.24) is 0 Å². The maximum atomic E-state index is 13.6. The van der Waals surface area contributed by atoms with Crippen molar-refractivity contribution in [2.24, 2.45) is 0 Å². The Balaban J connectivity index is 2.50. The summed E-state index contributed by atoms with van der Waals surface area (Å²) in [6, 6.07) is 1.32. The van der Waals surface area contributed by atoms with E-state index in [4.69, 9.17) is 16.3 Å². The predicted molar refractivity (Wildman–Crippen MR) is 64.0 cm³/mol. The average molecular weight is 244 g/mol. The summed E-state index contributed by atoms with van der Waals surface area (Å²) in [5.41, 5.74) is 1.41. The van der Waals surface area contributed by atoms with Gasteiger partial charge in [-0.25, -0.2) is 4.39 Å². The van der Waals surface area contributed by atoms with Crippen LogP contribution in [0.25, 0.3) is 0 Å². The van der Waals surface area contributed by atoms with E-state index in [0.29, 0.717) is 16.5 Å². The van der Waals surface area contributed by atoms with Crippen molar-refractivity contribution in [2.75, 3.05) is 11.9 Å². The number of benzene rings is 1. The van der Waals surface area contributed by atoms with Crippen LogP contribution in [0.1, 0.15) is 25.8 Å². The molecule has 0 aromatic heterocycles. The van der Waals surface area contributed by atoms with Crippen LogP contribution >= 0.6 is 11.6 Å².